The summed E-state index contributed by atoms with van der Waals surface area (Å²) < 4.78 is 42.3. The van der Waals surface area contributed by atoms with Crippen LogP contribution in [0.25, 0.3) is 27.8 Å². The molecule has 5 aromatic rings. The Hall–Kier alpha value is -4.47. The van der Waals surface area contributed by atoms with Crippen LogP contribution >= 0.6 is 0 Å². The molecule has 10 heteroatoms. The number of carbonyl (C=O) groups is 1. The van der Waals surface area contributed by atoms with E-state index in [1.807, 2.05) is 18.2 Å². The molecule has 0 fully saturated rings. The Bertz CT molecular complexity index is 1520. The molecule has 0 atom stereocenters. The Labute approximate surface area is 191 Å². The number of aromatic nitrogens is 5. The molecule has 1 N–H and O–H groups in total. The second-order valence-electron chi connectivity index (χ2n) is 7.57. The molecular weight excluding hydrogens is 445 g/mol. The summed E-state index contributed by atoms with van der Waals surface area (Å²) in [6.07, 6.45) is 1.94. The van der Waals surface area contributed by atoms with Gasteiger partial charge in [-0.25, -0.2) is 14.6 Å². The molecule has 0 bridgehead atoms. The third-order valence-corrected chi connectivity index (χ3v) is 5.35. The third kappa shape index (κ3) is 3.90. The average molecular weight is 462 g/mol. The van der Waals surface area contributed by atoms with Crippen LogP contribution in [0.2, 0.25) is 0 Å². The van der Waals surface area contributed by atoms with Gasteiger partial charge in [0.1, 0.15) is 11.4 Å². The number of alkyl halides is 3. The number of benzene rings is 1. The zero-order valence-electron chi connectivity index (χ0n) is 17.8. The van der Waals surface area contributed by atoms with Crippen molar-refractivity contribution in [2.45, 2.75) is 6.18 Å². The largest absolute Gasteiger partial charge is 0.433 e. The van der Waals surface area contributed by atoms with Gasteiger partial charge in [-0.05, 0) is 36.4 Å². The molecule has 5 rings (SSSR count). The van der Waals surface area contributed by atoms with Gasteiger partial charge in [0.25, 0.3) is 5.91 Å². The molecule has 0 aliphatic carbocycles. The number of aryl methyl sites for hydroxylation is 1. The SMILES string of the molecule is Cn1cccc1C(=O)Nc1ccccc1-c1cnn(-c2nccc3nc(C(F)(F)F)ccc23)c1. The third-order valence-electron chi connectivity index (χ3n) is 5.35. The van der Waals surface area contributed by atoms with Gasteiger partial charge in [-0.15, -0.1) is 0 Å². The lowest BCUT2D eigenvalue weighted by Crippen LogP contribution is -2.15. The van der Waals surface area contributed by atoms with Crippen molar-refractivity contribution < 1.29 is 18.0 Å². The second-order valence-corrected chi connectivity index (χ2v) is 7.57. The summed E-state index contributed by atoms with van der Waals surface area (Å²) in [4.78, 5) is 20.7. The smallest absolute Gasteiger partial charge is 0.347 e. The Morgan fingerprint density at radius 1 is 1.03 bits per heavy atom. The Kier molecular flexibility index (Phi) is 5.12. The highest BCUT2D eigenvalue weighted by molar-refractivity contribution is 6.05. The lowest BCUT2D eigenvalue weighted by molar-refractivity contribution is -0.140. The van der Waals surface area contributed by atoms with Crippen LogP contribution in [0.3, 0.4) is 0 Å². The predicted octanol–water partition coefficient (Wildman–Crippen LogP) is 5.09. The molecule has 4 heterocycles. The molecule has 0 saturated heterocycles. The van der Waals surface area contributed by atoms with Gasteiger partial charge >= 0.3 is 6.18 Å². The van der Waals surface area contributed by atoms with E-state index in [9.17, 15) is 18.0 Å². The number of hydrogen-bond acceptors (Lipinski definition) is 4. The predicted molar refractivity (Wildman–Crippen MR) is 120 cm³/mol. The molecule has 1 aromatic carbocycles. The number of hydrogen-bond donors (Lipinski definition) is 1. The number of fused-ring (bicyclic) bond motifs is 1. The van der Waals surface area contributed by atoms with E-state index < -0.39 is 11.9 Å². The van der Waals surface area contributed by atoms with Crippen molar-refractivity contribution in [1.29, 1.82) is 0 Å². The first-order valence-corrected chi connectivity index (χ1v) is 10.2. The molecule has 4 aromatic heterocycles. The van der Waals surface area contributed by atoms with Crippen LogP contribution in [0.5, 0.6) is 0 Å². The molecule has 34 heavy (non-hydrogen) atoms. The lowest BCUT2D eigenvalue weighted by atomic mass is 10.1. The van der Waals surface area contributed by atoms with Crippen molar-refractivity contribution in [2.75, 3.05) is 5.32 Å². The fourth-order valence-corrected chi connectivity index (χ4v) is 3.68. The van der Waals surface area contributed by atoms with E-state index in [0.29, 0.717) is 28.1 Å². The van der Waals surface area contributed by atoms with Crippen LogP contribution < -0.4 is 5.32 Å². The number of carbonyl (C=O) groups excluding carboxylic acids is 1. The summed E-state index contributed by atoms with van der Waals surface area (Å²) in [6, 6.07) is 14.5. The summed E-state index contributed by atoms with van der Waals surface area (Å²) in [6.45, 7) is 0. The number of para-hydroxylation sites is 1. The number of pyridine rings is 2. The van der Waals surface area contributed by atoms with Crippen LogP contribution in [-0.4, -0.2) is 30.2 Å². The van der Waals surface area contributed by atoms with Crippen molar-refractivity contribution in [3.05, 3.63) is 90.8 Å². The van der Waals surface area contributed by atoms with Gasteiger partial charge in [0.15, 0.2) is 5.82 Å². The van der Waals surface area contributed by atoms with E-state index in [-0.39, 0.29) is 11.4 Å². The topological polar surface area (TPSA) is 77.6 Å². The molecule has 0 aliphatic rings. The van der Waals surface area contributed by atoms with Gasteiger partial charge in [0.05, 0.1) is 11.7 Å². The maximum absolute atomic E-state index is 13.0. The molecule has 0 saturated carbocycles. The number of rotatable bonds is 4. The highest BCUT2D eigenvalue weighted by Gasteiger charge is 2.32. The molecule has 0 unspecified atom stereocenters. The van der Waals surface area contributed by atoms with E-state index in [1.54, 1.807) is 48.4 Å². The minimum absolute atomic E-state index is 0.159. The van der Waals surface area contributed by atoms with Crippen molar-refractivity contribution in [1.82, 2.24) is 24.3 Å². The summed E-state index contributed by atoms with van der Waals surface area (Å²) in [7, 11) is 1.79. The maximum atomic E-state index is 13.0. The van der Waals surface area contributed by atoms with Crippen LogP contribution in [0, 0.1) is 0 Å². The summed E-state index contributed by atoms with van der Waals surface area (Å²) in [5.41, 5.74) is 1.72. The van der Waals surface area contributed by atoms with E-state index in [0.717, 1.165) is 11.6 Å². The molecule has 1 amide bonds. The van der Waals surface area contributed by atoms with Crippen LogP contribution in [0.4, 0.5) is 18.9 Å². The standard InChI is InChI=1S/C24H17F3N6O/c1-32-12-4-7-20(32)23(34)31-18-6-3-2-5-16(18)15-13-29-33(14-15)22-17-8-9-21(24(25,26)27)30-19(17)10-11-28-22/h2-14H,1H3,(H,31,34). The van der Waals surface area contributed by atoms with E-state index in [4.69, 9.17) is 0 Å². The van der Waals surface area contributed by atoms with Crippen molar-refractivity contribution >= 4 is 22.5 Å². The quantitative estimate of drug-likeness (QED) is 0.404. The van der Waals surface area contributed by atoms with Gasteiger partial charge in [-0.1, -0.05) is 18.2 Å². The van der Waals surface area contributed by atoms with Gasteiger partial charge in [0.2, 0.25) is 0 Å². The Morgan fingerprint density at radius 2 is 1.85 bits per heavy atom. The van der Waals surface area contributed by atoms with Crippen molar-refractivity contribution in [2.24, 2.45) is 7.05 Å². The summed E-state index contributed by atoms with van der Waals surface area (Å²) in [5.74, 6) is 0.0879. The first-order valence-electron chi connectivity index (χ1n) is 10.2. The average Bonchev–Trinajstić information content (AvgIpc) is 3.47. The number of nitrogens with one attached hydrogen (secondary N) is 1. The minimum atomic E-state index is -4.54. The van der Waals surface area contributed by atoms with Gasteiger partial charge in [-0.2, -0.15) is 18.3 Å². The number of nitrogens with zero attached hydrogens (tertiary/aromatic N) is 5. The summed E-state index contributed by atoms with van der Waals surface area (Å²) >= 11 is 0. The van der Waals surface area contributed by atoms with Gasteiger partial charge in [0, 0.05) is 47.8 Å². The molecule has 7 nitrogen and oxygen atoms in total. The van der Waals surface area contributed by atoms with E-state index in [1.165, 1.54) is 23.0 Å². The fourth-order valence-electron chi connectivity index (χ4n) is 3.68. The highest BCUT2D eigenvalue weighted by atomic mass is 19.4. The van der Waals surface area contributed by atoms with Crippen LogP contribution in [-0.2, 0) is 13.2 Å². The minimum Gasteiger partial charge on any atom is -0.347 e. The Morgan fingerprint density at radius 3 is 2.62 bits per heavy atom. The van der Waals surface area contributed by atoms with Gasteiger partial charge in [-0.3, -0.25) is 4.79 Å². The Balaban J connectivity index is 1.50. The molecule has 0 spiro atoms. The zero-order valence-corrected chi connectivity index (χ0v) is 17.8. The van der Waals surface area contributed by atoms with Crippen LogP contribution in [0.15, 0.2) is 79.4 Å². The van der Waals surface area contributed by atoms with E-state index in [2.05, 4.69) is 20.4 Å². The fraction of sp³-hybridized carbons (Fsp3) is 0.0833. The number of amides is 1. The zero-order chi connectivity index (χ0) is 23.9. The van der Waals surface area contributed by atoms with Crippen molar-refractivity contribution in [3.63, 3.8) is 0 Å². The van der Waals surface area contributed by atoms with E-state index >= 15 is 0 Å². The van der Waals surface area contributed by atoms with Gasteiger partial charge < -0.3 is 9.88 Å². The van der Waals surface area contributed by atoms with Crippen LogP contribution in [0.1, 0.15) is 16.2 Å². The first kappa shape index (κ1) is 21.4. The molecule has 170 valence electrons. The van der Waals surface area contributed by atoms with Crippen molar-refractivity contribution in [3.8, 4) is 16.9 Å². The first-order chi connectivity index (χ1) is 16.3. The molecule has 0 aliphatic heterocycles. The maximum Gasteiger partial charge on any atom is 0.433 e. The molecule has 0 radical (unpaired) electrons. The highest BCUT2D eigenvalue weighted by Crippen LogP contribution is 2.31. The lowest BCUT2D eigenvalue weighted by Gasteiger charge is -2.10. The normalized spacial score (nSPS) is 11.6. The number of anilines is 1. The second kappa shape index (κ2) is 8.14. The molecular formula is C24H17F3N6O. The monoisotopic (exact) mass is 462 g/mol. The summed E-state index contributed by atoms with van der Waals surface area (Å²) in [5, 5.41) is 7.70. The number of halogens is 3.